The van der Waals surface area contributed by atoms with Crippen LogP contribution in [0.25, 0.3) is 0 Å². The average molecular weight is 304 g/mol. The molecule has 1 saturated heterocycles. The Balaban J connectivity index is 1.65. The van der Waals surface area contributed by atoms with Crippen LogP contribution in [0.15, 0.2) is 24.3 Å². The van der Waals surface area contributed by atoms with E-state index in [1.165, 1.54) is 25.9 Å². The maximum absolute atomic E-state index is 12.0. The zero-order chi connectivity index (χ0) is 15.8. The summed E-state index contributed by atoms with van der Waals surface area (Å²) in [4.78, 5) is 14.5. The van der Waals surface area contributed by atoms with Gasteiger partial charge in [0.05, 0.1) is 6.61 Å². The van der Waals surface area contributed by atoms with E-state index < -0.39 is 0 Å². The Labute approximate surface area is 133 Å². The molecule has 0 atom stereocenters. The highest BCUT2D eigenvalue weighted by molar-refractivity contribution is 5.94. The van der Waals surface area contributed by atoms with E-state index >= 15 is 0 Å². The molecule has 2 rings (SSSR count). The topological polar surface area (TPSA) is 41.6 Å². The van der Waals surface area contributed by atoms with Crippen LogP contribution in [0.3, 0.4) is 0 Å². The van der Waals surface area contributed by atoms with E-state index in [2.05, 4.69) is 17.1 Å². The Morgan fingerprint density at radius 1 is 1.27 bits per heavy atom. The van der Waals surface area contributed by atoms with Crippen LogP contribution in [-0.4, -0.2) is 43.6 Å². The number of ether oxygens (including phenoxy) is 1. The molecule has 1 aromatic rings. The molecular formula is C18H28N2O2. The molecule has 0 aliphatic carbocycles. The Bertz CT molecular complexity index is 451. The van der Waals surface area contributed by atoms with Gasteiger partial charge in [-0.2, -0.15) is 0 Å². The molecule has 1 aliphatic heterocycles. The van der Waals surface area contributed by atoms with Crippen molar-refractivity contribution in [3.8, 4) is 5.75 Å². The van der Waals surface area contributed by atoms with Crippen molar-refractivity contribution < 1.29 is 9.53 Å². The first-order chi connectivity index (χ1) is 10.7. The van der Waals surface area contributed by atoms with Gasteiger partial charge in [0.2, 0.25) is 0 Å². The lowest BCUT2D eigenvalue weighted by atomic mass is 9.99. The Morgan fingerprint density at radius 3 is 2.59 bits per heavy atom. The van der Waals surface area contributed by atoms with Crippen molar-refractivity contribution in [3.05, 3.63) is 29.8 Å². The molecule has 1 N–H and O–H groups in total. The van der Waals surface area contributed by atoms with E-state index in [0.29, 0.717) is 12.2 Å². The highest BCUT2D eigenvalue weighted by Crippen LogP contribution is 2.15. The summed E-state index contributed by atoms with van der Waals surface area (Å²) in [5, 5.41) is 2.99. The molecule has 0 radical (unpaired) electrons. The molecule has 1 aliphatic rings. The fourth-order valence-electron chi connectivity index (χ4n) is 2.76. The lowest BCUT2D eigenvalue weighted by Crippen LogP contribution is -2.35. The number of carbonyl (C=O) groups is 1. The Morgan fingerprint density at radius 2 is 1.95 bits per heavy atom. The molecule has 4 nitrogen and oxygen atoms in total. The van der Waals surface area contributed by atoms with E-state index in [-0.39, 0.29) is 5.91 Å². The van der Waals surface area contributed by atoms with Crippen molar-refractivity contribution in [2.75, 3.05) is 32.8 Å². The third-order valence-electron chi connectivity index (χ3n) is 4.24. The van der Waals surface area contributed by atoms with Crippen molar-refractivity contribution in [3.63, 3.8) is 0 Å². The van der Waals surface area contributed by atoms with E-state index in [0.717, 1.165) is 31.2 Å². The van der Waals surface area contributed by atoms with Gasteiger partial charge in [-0.3, -0.25) is 4.79 Å². The molecule has 22 heavy (non-hydrogen) atoms. The number of amides is 1. The van der Waals surface area contributed by atoms with Gasteiger partial charge in [0.15, 0.2) is 0 Å². The second-order valence-corrected chi connectivity index (χ2v) is 6.09. The molecule has 1 aromatic carbocycles. The van der Waals surface area contributed by atoms with Gasteiger partial charge in [-0.15, -0.1) is 0 Å². The number of benzene rings is 1. The van der Waals surface area contributed by atoms with Crippen LogP contribution in [0.2, 0.25) is 0 Å². The van der Waals surface area contributed by atoms with Crippen molar-refractivity contribution in [2.45, 2.75) is 33.1 Å². The highest BCUT2D eigenvalue weighted by atomic mass is 16.5. The van der Waals surface area contributed by atoms with Gasteiger partial charge in [-0.05, 0) is 76.0 Å². The van der Waals surface area contributed by atoms with Crippen LogP contribution < -0.4 is 10.1 Å². The summed E-state index contributed by atoms with van der Waals surface area (Å²) in [6, 6.07) is 7.30. The molecule has 0 bridgehead atoms. The SMILES string of the molecule is CCOc1ccc(C(=O)NCCCN2CCC(C)CC2)cc1. The summed E-state index contributed by atoms with van der Waals surface area (Å²) in [6.45, 7) is 9.13. The normalized spacial score (nSPS) is 16.5. The number of nitrogens with one attached hydrogen (secondary N) is 1. The van der Waals surface area contributed by atoms with E-state index in [1.54, 1.807) is 0 Å². The van der Waals surface area contributed by atoms with Crippen LogP contribution in [-0.2, 0) is 0 Å². The van der Waals surface area contributed by atoms with E-state index in [1.807, 2.05) is 31.2 Å². The number of carbonyl (C=O) groups excluding carboxylic acids is 1. The van der Waals surface area contributed by atoms with Crippen LogP contribution in [0.5, 0.6) is 5.75 Å². The number of rotatable bonds is 7. The predicted molar refractivity (Wildman–Crippen MR) is 89.4 cm³/mol. The van der Waals surface area contributed by atoms with Gasteiger partial charge in [0.1, 0.15) is 5.75 Å². The van der Waals surface area contributed by atoms with Crippen LogP contribution in [0.1, 0.15) is 43.5 Å². The van der Waals surface area contributed by atoms with Crippen LogP contribution in [0.4, 0.5) is 0 Å². The number of likely N-dealkylation sites (tertiary alicyclic amines) is 1. The maximum Gasteiger partial charge on any atom is 0.251 e. The highest BCUT2D eigenvalue weighted by Gasteiger charge is 2.14. The van der Waals surface area contributed by atoms with Gasteiger partial charge in [-0.1, -0.05) is 6.92 Å². The van der Waals surface area contributed by atoms with E-state index in [9.17, 15) is 4.79 Å². The van der Waals surface area contributed by atoms with E-state index in [4.69, 9.17) is 4.74 Å². The van der Waals surface area contributed by atoms with Gasteiger partial charge >= 0.3 is 0 Å². The fourth-order valence-corrected chi connectivity index (χ4v) is 2.76. The predicted octanol–water partition coefficient (Wildman–Crippen LogP) is 2.94. The summed E-state index contributed by atoms with van der Waals surface area (Å²) in [5.74, 6) is 1.67. The minimum atomic E-state index is -0.00434. The summed E-state index contributed by atoms with van der Waals surface area (Å²) >= 11 is 0. The lowest BCUT2D eigenvalue weighted by Gasteiger charge is -2.30. The van der Waals surface area contributed by atoms with Gasteiger partial charge in [-0.25, -0.2) is 0 Å². The quantitative estimate of drug-likeness (QED) is 0.788. The summed E-state index contributed by atoms with van der Waals surface area (Å²) in [6.07, 6.45) is 3.62. The van der Waals surface area contributed by atoms with Gasteiger partial charge < -0.3 is 15.0 Å². The molecule has 122 valence electrons. The first-order valence-corrected chi connectivity index (χ1v) is 8.42. The monoisotopic (exact) mass is 304 g/mol. The largest absolute Gasteiger partial charge is 0.494 e. The third-order valence-corrected chi connectivity index (χ3v) is 4.24. The van der Waals surface area contributed by atoms with Gasteiger partial charge in [0.25, 0.3) is 5.91 Å². The molecule has 0 spiro atoms. The second kappa shape index (κ2) is 8.79. The van der Waals surface area contributed by atoms with Crippen LogP contribution in [0, 0.1) is 5.92 Å². The van der Waals surface area contributed by atoms with Crippen molar-refractivity contribution in [1.29, 1.82) is 0 Å². The van der Waals surface area contributed by atoms with Crippen LogP contribution >= 0.6 is 0 Å². The number of piperidine rings is 1. The maximum atomic E-state index is 12.0. The number of hydrogen-bond donors (Lipinski definition) is 1. The summed E-state index contributed by atoms with van der Waals surface area (Å²) in [5.41, 5.74) is 0.690. The zero-order valence-corrected chi connectivity index (χ0v) is 13.8. The molecular weight excluding hydrogens is 276 g/mol. The first-order valence-electron chi connectivity index (χ1n) is 8.42. The Hall–Kier alpha value is -1.55. The molecule has 0 unspecified atom stereocenters. The first kappa shape index (κ1) is 16.8. The molecule has 1 amide bonds. The number of nitrogens with zero attached hydrogens (tertiary/aromatic N) is 1. The van der Waals surface area contributed by atoms with Gasteiger partial charge in [0, 0.05) is 12.1 Å². The third kappa shape index (κ3) is 5.34. The average Bonchev–Trinajstić information content (AvgIpc) is 2.54. The lowest BCUT2D eigenvalue weighted by molar-refractivity contribution is 0.0950. The smallest absolute Gasteiger partial charge is 0.251 e. The molecule has 1 heterocycles. The van der Waals surface area contributed by atoms with Crippen molar-refractivity contribution >= 4 is 5.91 Å². The fraction of sp³-hybridized carbons (Fsp3) is 0.611. The Kier molecular flexibility index (Phi) is 6.72. The minimum absolute atomic E-state index is 0.00434. The zero-order valence-electron chi connectivity index (χ0n) is 13.8. The number of hydrogen-bond acceptors (Lipinski definition) is 3. The molecule has 1 fully saturated rings. The molecule has 0 aromatic heterocycles. The van der Waals surface area contributed by atoms with Crippen molar-refractivity contribution in [1.82, 2.24) is 10.2 Å². The standard InChI is InChI=1S/C18H28N2O2/c1-3-22-17-7-5-16(6-8-17)18(21)19-11-4-12-20-13-9-15(2)10-14-20/h5-8,15H,3-4,9-14H2,1-2H3,(H,19,21). The molecule has 4 heteroatoms. The minimum Gasteiger partial charge on any atom is -0.494 e. The summed E-state index contributed by atoms with van der Waals surface area (Å²) < 4.78 is 5.38. The summed E-state index contributed by atoms with van der Waals surface area (Å²) in [7, 11) is 0. The van der Waals surface area contributed by atoms with Crippen molar-refractivity contribution in [2.24, 2.45) is 5.92 Å². The molecule has 0 saturated carbocycles. The second-order valence-electron chi connectivity index (χ2n) is 6.09.